The monoisotopic (exact) mass is 262 g/mol. The summed E-state index contributed by atoms with van der Waals surface area (Å²) in [6.07, 6.45) is 0. The van der Waals surface area contributed by atoms with E-state index < -0.39 is 5.97 Å². The van der Waals surface area contributed by atoms with Gasteiger partial charge in [-0.25, -0.2) is 0 Å². The zero-order valence-electron chi connectivity index (χ0n) is 6.80. The quantitative estimate of drug-likeness (QED) is 0.619. The summed E-state index contributed by atoms with van der Waals surface area (Å²) in [4.78, 5) is 10.7. The van der Waals surface area contributed by atoms with Crippen LogP contribution in [0.25, 0.3) is 0 Å². The fourth-order valence-corrected chi connectivity index (χ4v) is 1.12. The van der Waals surface area contributed by atoms with E-state index in [2.05, 4.69) is 15.9 Å². The third-order valence-electron chi connectivity index (χ3n) is 1.42. The molecular formula is C9H8BrClO2. The van der Waals surface area contributed by atoms with Gasteiger partial charge in [-0.3, -0.25) is 4.79 Å². The Morgan fingerprint density at radius 1 is 1.38 bits per heavy atom. The van der Waals surface area contributed by atoms with Crippen LogP contribution in [0.1, 0.15) is 5.56 Å². The van der Waals surface area contributed by atoms with Crippen LogP contribution in [0.5, 0.6) is 0 Å². The third kappa shape index (κ3) is 3.79. The molecule has 0 fully saturated rings. The minimum atomic E-state index is -0.399. The summed E-state index contributed by atoms with van der Waals surface area (Å²) in [5, 5.41) is 0. The Balaban J connectivity index is 2.46. The molecule has 0 N–H and O–H groups in total. The van der Waals surface area contributed by atoms with E-state index in [1.54, 1.807) is 0 Å². The van der Waals surface area contributed by atoms with Gasteiger partial charge in [-0.1, -0.05) is 28.1 Å². The predicted molar refractivity (Wildman–Crippen MR) is 54.7 cm³/mol. The Morgan fingerprint density at radius 2 is 2.00 bits per heavy atom. The summed E-state index contributed by atoms with van der Waals surface area (Å²) in [5.41, 5.74) is 0.946. The average Bonchev–Trinajstić information content (AvgIpc) is 2.16. The van der Waals surface area contributed by atoms with E-state index >= 15 is 0 Å². The second-order valence-corrected chi connectivity index (χ2v) is 3.60. The van der Waals surface area contributed by atoms with Crippen molar-refractivity contribution in [3.8, 4) is 0 Å². The molecule has 0 unspecified atom stereocenters. The zero-order chi connectivity index (χ0) is 9.68. The summed E-state index contributed by atoms with van der Waals surface area (Å²) in [5.74, 6) is -0.499. The molecule has 70 valence electrons. The number of carbonyl (C=O) groups is 1. The van der Waals surface area contributed by atoms with Gasteiger partial charge >= 0.3 is 5.97 Å². The minimum absolute atomic E-state index is 0.101. The Kier molecular flexibility index (Phi) is 4.25. The molecule has 13 heavy (non-hydrogen) atoms. The third-order valence-corrected chi connectivity index (χ3v) is 2.17. The van der Waals surface area contributed by atoms with E-state index in [0.29, 0.717) is 0 Å². The van der Waals surface area contributed by atoms with E-state index in [4.69, 9.17) is 16.3 Å². The van der Waals surface area contributed by atoms with Crippen molar-refractivity contribution in [3.05, 3.63) is 34.3 Å². The Labute approximate surface area is 90.0 Å². The van der Waals surface area contributed by atoms with Crippen molar-refractivity contribution in [2.45, 2.75) is 6.61 Å². The first kappa shape index (κ1) is 10.5. The molecule has 0 atom stereocenters. The maximum Gasteiger partial charge on any atom is 0.321 e. The summed E-state index contributed by atoms with van der Waals surface area (Å²) < 4.78 is 5.83. The normalized spacial score (nSPS) is 9.69. The van der Waals surface area contributed by atoms with Crippen molar-refractivity contribution >= 4 is 33.5 Å². The zero-order valence-corrected chi connectivity index (χ0v) is 9.14. The van der Waals surface area contributed by atoms with Crippen LogP contribution in [0, 0.1) is 0 Å². The highest BCUT2D eigenvalue weighted by Gasteiger charge is 1.99. The van der Waals surface area contributed by atoms with Crippen molar-refractivity contribution in [2.24, 2.45) is 0 Å². The molecule has 2 nitrogen and oxygen atoms in total. The maximum absolute atomic E-state index is 10.7. The predicted octanol–water partition coefficient (Wildman–Crippen LogP) is 2.73. The summed E-state index contributed by atoms with van der Waals surface area (Å²) >= 11 is 8.57. The van der Waals surface area contributed by atoms with Gasteiger partial charge in [0.1, 0.15) is 12.5 Å². The van der Waals surface area contributed by atoms with Crippen LogP contribution in [0.4, 0.5) is 0 Å². The number of benzene rings is 1. The molecule has 0 amide bonds. The smallest absolute Gasteiger partial charge is 0.321 e. The van der Waals surface area contributed by atoms with Gasteiger partial charge in [0.15, 0.2) is 0 Å². The van der Waals surface area contributed by atoms with Gasteiger partial charge in [-0.15, -0.1) is 11.6 Å². The highest BCUT2D eigenvalue weighted by molar-refractivity contribution is 9.10. The number of rotatable bonds is 3. The van der Waals surface area contributed by atoms with Gasteiger partial charge in [0.05, 0.1) is 0 Å². The number of alkyl halides is 1. The number of hydrogen-bond donors (Lipinski definition) is 0. The van der Waals surface area contributed by atoms with Crippen LogP contribution in [-0.2, 0) is 16.1 Å². The van der Waals surface area contributed by atoms with E-state index in [0.717, 1.165) is 10.0 Å². The van der Waals surface area contributed by atoms with Crippen LogP contribution in [-0.4, -0.2) is 11.8 Å². The number of ether oxygens (including phenoxy) is 1. The van der Waals surface area contributed by atoms with E-state index in [1.165, 1.54) is 0 Å². The number of esters is 1. The van der Waals surface area contributed by atoms with Gasteiger partial charge in [0, 0.05) is 4.47 Å². The molecule has 0 heterocycles. The molecule has 0 saturated heterocycles. The number of halogens is 2. The molecule has 0 aliphatic rings. The Morgan fingerprint density at radius 3 is 2.54 bits per heavy atom. The van der Waals surface area contributed by atoms with Crippen LogP contribution < -0.4 is 0 Å². The van der Waals surface area contributed by atoms with E-state index in [9.17, 15) is 4.79 Å². The second-order valence-electron chi connectivity index (χ2n) is 2.42. The van der Waals surface area contributed by atoms with E-state index in [-0.39, 0.29) is 12.5 Å². The molecule has 1 aromatic rings. The SMILES string of the molecule is O=C(CCl)OCc1ccc(Br)cc1. The molecule has 0 aromatic heterocycles. The molecule has 0 aliphatic carbocycles. The highest BCUT2D eigenvalue weighted by atomic mass is 79.9. The standard InChI is InChI=1S/C9H8BrClO2/c10-8-3-1-7(2-4-8)6-13-9(12)5-11/h1-4H,5-6H2. The number of carbonyl (C=O) groups excluding carboxylic acids is 1. The Hall–Kier alpha value is -0.540. The molecule has 0 bridgehead atoms. The molecule has 4 heteroatoms. The first-order valence-electron chi connectivity index (χ1n) is 3.68. The first-order valence-corrected chi connectivity index (χ1v) is 5.01. The minimum Gasteiger partial charge on any atom is -0.460 e. The summed E-state index contributed by atoms with van der Waals surface area (Å²) in [6, 6.07) is 7.55. The van der Waals surface area contributed by atoms with Crippen molar-refractivity contribution in [1.82, 2.24) is 0 Å². The van der Waals surface area contributed by atoms with Crippen LogP contribution >= 0.6 is 27.5 Å². The number of hydrogen-bond acceptors (Lipinski definition) is 2. The molecule has 0 saturated carbocycles. The maximum atomic E-state index is 10.7. The lowest BCUT2D eigenvalue weighted by molar-refractivity contribution is -0.141. The largest absolute Gasteiger partial charge is 0.460 e. The molecule has 0 aliphatic heterocycles. The molecule has 0 radical (unpaired) electrons. The highest BCUT2D eigenvalue weighted by Crippen LogP contribution is 2.11. The van der Waals surface area contributed by atoms with Gasteiger partial charge in [0.2, 0.25) is 0 Å². The lowest BCUT2D eigenvalue weighted by atomic mass is 10.2. The fourth-order valence-electron chi connectivity index (χ4n) is 0.783. The molecule has 1 aromatic carbocycles. The molecular weight excluding hydrogens is 255 g/mol. The molecule has 0 spiro atoms. The van der Waals surface area contributed by atoms with Crippen molar-refractivity contribution in [3.63, 3.8) is 0 Å². The first-order chi connectivity index (χ1) is 6.22. The second kappa shape index (κ2) is 5.25. The summed E-state index contributed by atoms with van der Waals surface area (Å²) in [7, 11) is 0. The van der Waals surface area contributed by atoms with Gasteiger partial charge in [0.25, 0.3) is 0 Å². The van der Waals surface area contributed by atoms with Crippen molar-refractivity contribution in [2.75, 3.05) is 5.88 Å². The van der Waals surface area contributed by atoms with Gasteiger partial charge in [-0.05, 0) is 17.7 Å². The van der Waals surface area contributed by atoms with Crippen LogP contribution in [0.2, 0.25) is 0 Å². The van der Waals surface area contributed by atoms with Crippen molar-refractivity contribution in [1.29, 1.82) is 0 Å². The van der Waals surface area contributed by atoms with Gasteiger partial charge < -0.3 is 4.74 Å². The Bertz CT molecular complexity index is 284. The van der Waals surface area contributed by atoms with E-state index in [1.807, 2.05) is 24.3 Å². The lowest BCUT2D eigenvalue weighted by Crippen LogP contribution is -2.05. The van der Waals surface area contributed by atoms with Crippen molar-refractivity contribution < 1.29 is 9.53 Å². The van der Waals surface area contributed by atoms with Crippen LogP contribution in [0.3, 0.4) is 0 Å². The average molecular weight is 264 g/mol. The van der Waals surface area contributed by atoms with Gasteiger partial charge in [-0.2, -0.15) is 0 Å². The molecule has 1 rings (SSSR count). The fraction of sp³-hybridized carbons (Fsp3) is 0.222. The lowest BCUT2D eigenvalue weighted by Gasteiger charge is -2.02. The summed E-state index contributed by atoms with van der Waals surface area (Å²) in [6.45, 7) is 0.277. The topological polar surface area (TPSA) is 26.3 Å². The van der Waals surface area contributed by atoms with Crippen LogP contribution in [0.15, 0.2) is 28.7 Å².